The fraction of sp³-hybridized carbons (Fsp3) is 0.929. The van der Waals surface area contributed by atoms with Crippen molar-refractivity contribution in [2.75, 3.05) is 19.7 Å². The Morgan fingerprint density at radius 1 is 1.42 bits per heavy atom. The minimum Gasteiger partial charge on any atom is -0.391 e. The van der Waals surface area contributed by atoms with Crippen molar-refractivity contribution in [2.45, 2.75) is 64.2 Å². The zero-order valence-corrected chi connectivity index (χ0v) is 12.2. The minimum absolute atomic E-state index is 0.0272. The molecule has 5 nitrogen and oxygen atoms in total. The molecular formula is C14H28N2O3. The second kappa shape index (κ2) is 8.51. The van der Waals surface area contributed by atoms with E-state index in [1.807, 2.05) is 13.8 Å². The molecule has 0 aliphatic carbocycles. The molecular weight excluding hydrogens is 244 g/mol. The molecule has 0 spiro atoms. The van der Waals surface area contributed by atoms with Crippen molar-refractivity contribution in [3.05, 3.63) is 0 Å². The molecule has 2 atom stereocenters. The zero-order chi connectivity index (χ0) is 14.3. The van der Waals surface area contributed by atoms with Crippen LogP contribution in [-0.2, 0) is 9.53 Å². The Morgan fingerprint density at radius 2 is 2.16 bits per heavy atom. The molecule has 1 aliphatic rings. The number of ether oxygens (including phenoxy) is 1. The van der Waals surface area contributed by atoms with Crippen LogP contribution in [0.15, 0.2) is 0 Å². The van der Waals surface area contributed by atoms with E-state index in [1.165, 1.54) is 0 Å². The lowest BCUT2D eigenvalue weighted by Gasteiger charge is -2.25. The van der Waals surface area contributed by atoms with E-state index in [0.29, 0.717) is 32.5 Å². The Morgan fingerprint density at radius 3 is 2.79 bits per heavy atom. The first-order valence-electron chi connectivity index (χ1n) is 7.33. The van der Waals surface area contributed by atoms with Gasteiger partial charge in [0.1, 0.15) is 0 Å². The largest absolute Gasteiger partial charge is 0.391 e. The molecule has 0 radical (unpaired) electrons. The quantitative estimate of drug-likeness (QED) is 0.644. The van der Waals surface area contributed by atoms with Gasteiger partial charge < -0.3 is 20.5 Å². The van der Waals surface area contributed by atoms with Crippen LogP contribution in [0.3, 0.4) is 0 Å². The number of hydrogen-bond donors (Lipinski definition) is 2. The third-order valence-corrected chi connectivity index (χ3v) is 3.43. The molecule has 1 saturated heterocycles. The number of β-amino-alcohol motifs (C(OH)–C–C–N with tert-alkyl or cyclic N) is 1. The number of nitrogens with two attached hydrogens (primary N) is 1. The van der Waals surface area contributed by atoms with Crippen molar-refractivity contribution >= 4 is 5.91 Å². The summed E-state index contributed by atoms with van der Waals surface area (Å²) >= 11 is 0. The van der Waals surface area contributed by atoms with Gasteiger partial charge in [-0.1, -0.05) is 6.42 Å². The lowest BCUT2D eigenvalue weighted by atomic mass is 10.1. The molecule has 0 saturated carbocycles. The van der Waals surface area contributed by atoms with Crippen molar-refractivity contribution in [2.24, 2.45) is 5.73 Å². The van der Waals surface area contributed by atoms with Crippen molar-refractivity contribution < 1.29 is 14.6 Å². The van der Waals surface area contributed by atoms with E-state index in [2.05, 4.69) is 0 Å². The van der Waals surface area contributed by atoms with Crippen LogP contribution in [0.5, 0.6) is 0 Å². The Kier molecular flexibility index (Phi) is 7.34. The average molecular weight is 272 g/mol. The smallest absolute Gasteiger partial charge is 0.222 e. The van der Waals surface area contributed by atoms with E-state index in [-0.39, 0.29) is 18.1 Å². The molecule has 1 rings (SSSR count). The summed E-state index contributed by atoms with van der Waals surface area (Å²) in [6, 6.07) is 0.0272. The summed E-state index contributed by atoms with van der Waals surface area (Å²) < 4.78 is 5.58. The van der Waals surface area contributed by atoms with E-state index in [0.717, 1.165) is 19.3 Å². The molecule has 19 heavy (non-hydrogen) atoms. The normalized spacial score (nSPS) is 23.3. The summed E-state index contributed by atoms with van der Waals surface area (Å²) in [4.78, 5) is 13.9. The fourth-order valence-electron chi connectivity index (χ4n) is 2.40. The number of aliphatic hydroxyl groups excluding tert-OH is 1. The monoisotopic (exact) mass is 272 g/mol. The van der Waals surface area contributed by atoms with E-state index >= 15 is 0 Å². The molecule has 1 heterocycles. The van der Waals surface area contributed by atoms with Crippen molar-refractivity contribution in [1.82, 2.24) is 4.90 Å². The second-order valence-electron chi connectivity index (χ2n) is 5.57. The maximum atomic E-state index is 12.1. The van der Waals surface area contributed by atoms with Gasteiger partial charge in [-0.15, -0.1) is 0 Å². The predicted molar refractivity (Wildman–Crippen MR) is 74.7 cm³/mol. The maximum absolute atomic E-state index is 12.1. The molecule has 0 bridgehead atoms. The summed E-state index contributed by atoms with van der Waals surface area (Å²) in [6.45, 7) is 5.60. The first-order chi connectivity index (χ1) is 9.04. The topological polar surface area (TPSA) is 75.8 Å². The third kappa shape index (κ3) is 5.89. The van der Waals surface area contributed by atoms with Crippen LogP contribution in [0.25, 0.3) is 0 Å². The SMILES string of the molecule is CC(C)OCC1C[C@@H](O)CN1C(=O)CCCCCN. The van der Waals surface area contributed by atoms with Crippen LogP contribution < -0.4 is 5.73 Å². The van der Waals surface area contributed by atoms with Crippen molar-refractivity contribution in [1.29, 1.82) is 0 Å². The highest BCUT2D eigenvalue weighted by atomic mass is 16.5. The van der Waals surface area contributed by atoms with Gasteiger partial charge in [-0.2, -0.15) is 0 Å². The van der Waals surface area contributed by atoms with Gasteiger partial charge in [-0.3, -0.25) is 4.79 Å². The summed E-state index contributed by atoms with van der Waals surface area (Å²) in [6.07, 6.45) is 3.75. The molecule has 3 N–H and O–H groups in total. The lowest BCUT2D eigenvalue weighted by Crippen LogP contribution is -2.39. The molecule has 5 heteroatoms. The highest BCUT2D eigenvalue weighted by Crippen LogP contribution is 2.20. The third-order valence-electron chi connectivity index (χ3n) is 3.43. The molecule has 1 amide bonds. The van der Waals surface area contributed by atoms with Gasteiger partial charge >= 0.3 is 0 Å². The Bertz CT molecular complexity index is 271. The standard InChI is InChI=1S/C14H28N2O3/c1-11(2)19-10-12-8-13(17)9-16(12)14(18)6-4-3-5-7-15/h11-13,17H,3-10,15H2,1-2H3/t12?,13-/m1/s1. The predicted octanol–water partition coefficient (Wildman–Crippen LogP) is 0.892. The van der Waals surface area contributed by atoms with Crippen LogP contribution in [0.2, 0.25) is 0 Å². The molecule has 1 fully saturated rings. The highest BCUT2D eigenvalue weighted by molar-refractivity contribution is 5.76. The van der Waals surface area contributed by atoms with Gasteiger partial charge in [0.2, 0.25) is 5.91 Å². The number of aliphatic hydroxyl groups is 1. The minimum atomic E-state index is -0.409. The van der Waals surface area contributed by atoms with Crippen molar-refractivity contribution in [3.8, 4) is 0 Å². The number of carbonyl (C=O) groups is 1. The summed E-state index contributed by atoms with van der Waals surface area (Å²) in [7, 11) is 0. The first-order valence-corrected chi connectivity index (χ1v) is 7.33. The van der Waals surface area contributed by atoms with E-state index in [9.17, 15) is 9.90 Å². The molecule has 1 unspecified atom stereocenters. The number of amides is 1. The number of rotatable bonds is 8. The average Bonchev–Trinajstić information content (AvgIpc) is 2.73. The molecule has 0 aromatic carbocycles. The van der Waals surface area contributed by atoms with Crippen LogP contribution in [0.1, 0.15) is 46.0 Å². The number of unbranched alkanes of at least 4 members (excludes halogenated alkanes) is 2. The summed E-state index contributed by atoms with van der Waals surface area (Å²) in [5, 5.41) is 9.73. The van der Waals surface area contributed by atoms with Gasteiger partial charge in [0.05, 0.1) is 24.9 Å². The van der Waals surface area contributed by atoms with Gasteiger partial charge in [-0.25, -0.2) is 0 Å². The number of hydrogen-bond acceptors (Lipinski definition) is 4. The van der Waals surface area contributed by atoms with E-state index < -0.39 is 6.10 Å². The fourth-order valence-corrected chi connectivity index (χ4v) is 2.40. The van der Waals surface area contributed by atoms with Crippen LogP contribution in [-0.4, -0.2) is 53.9 Å². The van der Waals surface area contributed by atoms with E-state index in [1.54, 1.807) is 4.90 Å². The van der Waals surface area contributed by atoms with Crippen LogP contribution in [0, 0.1) is 0 Å². The Hall–Kier alpha value is -0.650. The number of likely N-dealkylation sites (tertiary alicyclic amines) is 1. The second-order valence-corrected chi connectivity index (χ2v) is 5.57. The molecule has 112 valence electrons. The summed E-state index contributed by atoms with van der Waals surface area (Å²) in [5.41, 5.74) is 5.43. The zero-order valence-electron chi connectivity index (χ0n) is 12.2. The van der Waals surface area contributed by atoms with Gasteiger partial charge in [-0.05, 0) is 39.7 Å². The molecule has 0 aromatic rings. The number of nitrogens with zero attached hydrogens (tertiary/aromatic N) is 1. The van der Waals surface area contributed by atoms with Crippen LogP contribution >= 0.6 is 0 Å². The molecule has 0 aromatic heterocycles. The first kappa shape index (κ1) is 16.4. The Balaban J connectivity index is 2.37. The van der Waals surface area contributed by atoms with E-state index in [4.69, 9.17) is 10.5 Å². The summed E-state index contributed by atoms with van der Waals surface area (Å²) in [5.74, 6) is 0.130. The van der Waals surface area contributed by atoms with Gasteiger partial charge in [0.15, 0.2) is 0 Å². The molecule has 1 aliphatic heterocycles. The van der Waals surface area contributed by atoms with Crippen molar-refractivity contribution in [3.63, 3.8) is 0 Å². The van der Waals surface area contributed by atoms with Gasteiger partial charge in [0, 0.05) is 13.0 Å². The maximum Gasteiger partial charge on any atom is 0.222 e. The highest BCUT2D eigenvalue weighted by Gasteiger charge is 2.33. The van der Waals surface area contributed by atoms with Crippen LogP contribution in [0.4, 0.5) is 0 Å². The Labute approximate surface area is 116 Å². The number of carbonyl (C=O) groups excluding carboxylic acids is 1. The lowest BCUT2D eigenvalue weighted by molar-refractivity contribution is -0.133. The van der Waals surface area contributed by atoms with Gasteiger partial charge in [0.25, 0.3) is 0 Å².